The van der Waals surface area contributed by atoms with Crippen LogP contribution in [0, 0.1) is 0 Å². The Hall–Kier alpha value is -0.0600. The van der Waals surface area contributed by atoms with Gasteiger partial charge >= 0.3 is 0 Å². The fourth-order valence-electron chi connectivity index (χ4n) is 2.51. The van der Waals surface area contributed by atoms with Crippen LogP contribution in [0.5, 0.6) is 0 Å². The van der Waals surface area contributed by atoms with Crippen molar-refractivity contribution in [3.63, 3.8) is 0 Å². The number of hydrogen-bond acceptors (Lipinski definition) is 2. The highest BCUT2D eigenvalue weighted by atomic mass is 79.9. The number of aryl methyl sites for hydroxylation is 2. The highest BCUT2D eigenvalue weighted by Crippen LogP contribution is 2.25. The topological polar surface area (TPSA) is 29.9 Å². The number of nitrogens with zero attached hydrogens (tertiary/aromatic N) is 2. The van der Waals surface area contributed by atoms with E-state index in [0.717, 1.165) is 36.0 Å². The summed E-state index contributed by atoms with van der Waals surface area (Å²) in [5.41, 5.74) is 2.37. The van der Waals surface area contributed by atoms with Gasteiger partial charge in [0.2, 0.25) is 0 Å². The fourth-order valence-corrected chi connectivity index (χ4v) is 3.52. The lowest BCUT2D eigenvalue weighted by Crippen LogP contribution is -2.33. The average molecular weight is 335 g/mol. The number of nitrogens with one attached hydrogen (secondary N) is 1. The van der Waals surface area contributed by atoms with E-state index < -0.39 is 0 Å². The molecule has 3 nitrogen and oxygen atoms in total. The molecular weight excluding hydrogens is 314 g/mol. The van der Waals surface area contributed by atoms with Gasteiger partial charge in [-0.1, -0.05) is 6.92 Å². The van der Waals surface area contributed by atoms with Gasteiger partial charge in [0.1, 0.15) is 0 Å². The lowest BCUT2D eigenvalue weighted by Gasteiger charge is -2.26. The van der Waals surface area contributed by atoms with Crippen molar-refractivity contribution in [2.75, 3.05) is 0 Å². The van der Waals surface area contributed by atoms with E-state index in [4.69, 9.17) is 11.6 Å². The molecule has 0 aromatic carbocycles. The van der Waals surface area contributed by atoms with Gasteiger partial charge in [-0.2, -0.15) is 5.10 Å². The predicted octanol–water partition coefficient (Wildman–Crippen LogP) is 3.38. The molecule has 1 fully saturated rings. The Morgan fingerprint density at radius 1 is 1.39 bits per heavy atom. The highest BCUT2D eigenvalue weighted by Gasteiger charge is 2.20. The number of aromatic nitrogens is 2. The number of rotatable bonds is 4. The Morgan fingerprint density at radius 3 is 2.61 bits per heavy atom. The third-order valence-corrected chi connectivity index (χ3v) is 5.07. The highest BCUT2D eigenvalue weighted by molar-refractivity contribution is 9.10. The standard InChI is InChI=1S/C13H21BrClN3/c1-3-11-13(14)12(18(2)17-11)8-16-10-6-4-9(15)5-7-10/h9-10,16H,3-8H2,1-2H3. The van der Waals surface area contributed by atoms with E-state index in [-0.39, 0.29) is 0 Å². The van der Waals surface area contributed by atoms with E-state index in [2.05, 4.69) is 33.3 Å². The zero-order chi connectivity index (χ0) is 13.1. The van der Waals surface area contributed by atoms with Gasteiger partial charge in [0.05, 0.1) is 15.9 Å². The maximum absolute atomic E-state index is 6.12. The largest absolute Gasteiger partial charge is 0.308 e. The molecule has 18 heavy (non-hydrogen) atoms. The fraction of sp³-hybridized carbons (Fsp3) is 0.769. The first-order valence-electron chi connectivity index (χ1n) is 6.69. The summed E-state index contributed by atoms with van der Waals surface area (Å²) in [5, 5.41) is 8.53. The maximum atomic E-state index is 6.12. The quantitative estimate of drug-likeness (QED) is 0.855. The van der Waals surface area contributed by atoms with Gasteiger partial charge in [-0.3, -0.25) is 4.68 Å². The van der Waals surface area contributed by atoms with Gasteiger partial charge in [0, 0.05) is 25.0 Å². The number of hydrogen-bond donors (Lipinski definition) is 1. The molecular formula is C13H21BrClN3. The van der Waals surface area contributed by atoms with Crippen LogP contribution in [0.15, 0.2) is 4.47 Å². The van der Waals surface area contributed by atoms with Crippen molar-refractivity contribution in [3.8, 4) is 0 Å². The Labute approximate surface area is 122 Å². The third kappa shape index (κ3) is 3.28. The molecule has 0 unspecified atom stereocenters. The van der Waals surface area contributed by atoms with Crippen molar-refractivity contribution in [1.29, 1.82) is 0 Å². The summed E-state index contributed by atoms with van der Waals surface area (Å²) >= 11 is 9.77. The summed E-state index contributed by atoms with van der Waals surface area (Å²) in [4.78, 5) is 0. The first-order chi connectivity index (χ1) is 8.61. The molecule has 0 bridgehead atoms. The molecule has 1 aliphatic carbocycles. The SMILES string of the molecule is CCc1nn(C)c(CNC2CCC(Cl)CC2)c1Br. The zero-order valence-corrected chi connectivity index (χ0v) is 13.4. The normalized spacial score (nSPS) is 24.4. The van der Waals surface area contributed by atoms with Crippen LogP contribution in [-0.4, -0.2) is 21.2 Å². The molecule has 0 spiro atoms. The minimum atomic E-state index is 0.387. The van der Waals surface area contributed by atoms with E-state index in [1.807, 2.05) is 11.7 Å². The van der Waals surface area contributed by atoms with Crippen LogP contribution in [0.2, 0.25) is 0 Å². The van der Waals surface area contributed by atoms with Gasteiger partial charge in [-0.15, -0.1) is 11.6 Å². The van der Waals surface area contributed by atoms with Gasteiger partial charge in [-0.25, -0.2) is 0 Å². The van der Waals surface area contributed by atoms with Crippen LogP contribution in [0.1, 0.15) is 44.0 Å². The second-order valence-electron chi connectivity index (χ2n) is 5.01. The maximum Gasteiger partial charge on any atom is 0.0767 e. The van der Waals surface area contributed by atoms with Crippen molar-refractivity contribution in [2.45, 2.75) is 57.0 Å². The van der Waals surface area contributed by atoms with Crippen molar-refractivity contribution in [3.05, 3.63) is 15.9 Å². The molecule has 0 radical (unpaired) electrons. The average Bonchev–Trinajstić information content (AvgIpc) is 2.64. The molecule has 1 aliphatic rings. The molecule has 0 aliphatic heterocycles. The van der Waals surface area contributed by atoms with Crippen LogP contribution < -0.4 is 5.32 Å². The minimum absolute atomic E-state index is 0.387. The molecule has 1 N–H and O–H groups in total. The summed E-state index contributed by atoms with van der Waals surface area (Å²) < 4.78 is 3.13. The summed E-state index contributed by atoms with van der Waals surface area (Å²) in [6, 6.07) is 0.604. The lowest BCUT2D eigenvalue weighted by molar-refractivity contribution is 0.372. The molecule has 1 aromatic heterocycles. The summed E-state index contributed by atoms with van der Waals surface area (Å²) in [6.07, 6.45) is 5.60. The summed E-state index contributed by atoms with van der Waals surface area (Å²) in [7, 11) is 2.01. The summed E-state index contributed by atoms with van der Waals surface area (Å²) in [5.74, 6) is 0. The number of alkyl halides is 1. The summed E-state index contributed by atoms with van der Waals surface area (Å²) in [6.45, 7) is 3.01. The predicted molar refractivity (Wildman–Crippen MR) is 79.0 cm³/mol. The Kier molecular flexibility index (Phi) is 5.10. The van der Waals surface area contributed by atoms with Crippen LogP contribution >= 0.6 is 27.5 Å². The molecule has 1 heterocycles. The van der Waals surface area contributed by atoms with Crippen molar-refractivity contribution < 1.29 is 0 Å². The molecule has 5 heteroatoms. The third-order valence-electron chi connectivity index (χ3n) is 3.72. The van der Waals surface area contributed by atoms with E-state index in [0.29, 0.717) is 11.4 Å². The van der Waals surface area contributed by atoms with Crippen LogP contribution in [0.25, 0.3) is 0 Å². The first-order valence-corrected chi connectivity index (χ1v) is 7.92. The Balaban J connectivity index is 1.92. The van der Waals surface area contributed by atoms with Crippen molar-refractivity contribution in [1.82, 2.24) is 15.1 Å². The van der Waals surface area contributed by atoms with Crippen LogP contribution in [0.4, 0.5) is 0 Å². The molecule has 2 rings (SSSR count). The Morgan fingerprint density at radius 2 is 2.06 bits per heavy atom. The molecule has 0 saturated heterocycles. The molecule has 0 atom stereocenters. The van der Waals surface area contributed by atoms with E-state index in [1.54, 1.807) is 0 Å². The molecule has 102 valence electrons. The molecule has 1 saturated carbocycles. The van der Waals surface area contributed by atoms with Crippen LogP contribution in [-0.2, 0) is 20.0 Å². The van der Waals surface area contributed by atoms with E-state index in [9.17, 15) is 0 Å². The molecule has 1 aromatic rings. The lowest BCUT2D eigenvalue weighted by atomic mass is 9.95. The second-order valence-corrected chi connectivity index (χ2v) is 6.42. The minimum Gasteiger partial charge on any atom is -0.308 e. The Bertz CT molecular complexity index is 397. The van der Waals surface area contributed by atoms with E-state index in [1.165, 1.54) is 18.5 Å². The van der Waals surface area contributed by atoms with Crippen LogP contribution in [0.3, 0.4) is 0 Å². The monoisotopic (exact) mass is 333 g/mol. The first kappa shape index (κ1) is 14.4. The molecule has 0 amide bonds. The second kappa shape index (κ2) is 6.40. The van der Waals surface area contributed by atoms with Crippen molar-refractivity contribution in [2.24, 2.45) is 7.05 Å². The van der Waals surface area contributed by atoms with E-state index >= 15 is 0 Å². The smallest absolute Gasteiger partial charge is 0.0767 e. The van der Waals surface area contributed by atoms with Gasteiger partial charge in [0.25, 0.3) is 0 Å². The zero-order valence-electron chi connectivity index (χ0n) is 11.0. The van der Waals surface area contributed by atoms with Gasteiger partial charge in [0.15, 0.2) is 0 Å². The van der Waals surface area contributed by atoms with Gasteiger partial charge < -0.3 is 5.32 Å². The van der Waals surface area contributed by atoms with Gasteiger partial charge in [-0.05, 0) is 48.0 Å². The van der Waals surface area contributed by atoms with Crippen molar-refractivity contribution >= 4 is 27.5 Å². The number of halogens is 2.